The number of alkyl halides is 3. The summed E-state index contributed by atoms with van der Waals surface area (Å²) in [5, 5.41) is 14.5. The van der Waals surface area contributed by atoms with Crippen LogP contribution < -0.4 is 5.32 Å². The summed E-state index contributed by atoms with van der Waals surface area (Å²) in [5.41, 5.74) is 0. The van der Waals surface area contributed by atoms with Crippen LogP contribution in [0.5, 0.6) is 0 Å². The highest BCUT2D eigenvalue weighted by Crippen LogP contribution is 2.20. The molecule has 0 fully saturated rings. The van der Waals surface area contributed by atoms with Gasteiger partial charge >= 0.3 is 12.1 Å². The maximum Gasteiger partial charge on any atom is 0.390 e. The molecule has 0 atom stereocenters. The first-order chi connectivity index (χ1) is 7.37. The molecule has 1 aromatic rings. The molecule has 90 valence electrons. The monoisotopic (exact) mass is 237 g/mol. The highest BCUT2D eigenvalue weighted by molar-refractivity contribution is 5.72. The van der Waals surface area contributed by atoms with E-state index in [-0.39, 0.29) is 18.9 Å². The minimum atomic E-state index is -4.22. The number of carboxylic acid groups (broad SMARTS) is 1. The minimum absolute atomic E-state index is 0.240. The molecule has 1 rings (SSSR count). The molecular weight excluding hydrogens is 227 g/mol. The Morgan fingerprint density at radius 2 is 2.25 bits per heavy atom. The molecule has 0 saturated heterocycles. The van der Waals surface area contributed by atoms with Crippen LogP contribution in [0, 0.1) is 0 Å². The molecule has 8 heteroatoms. The second-order valence-corrected chi connectivity index (χ2v) is 3.08. The number of anilines is 1. The number of halogens is 3. The molecular formula is C8H10F3N3O2. The molecule has 0 saturated carbocycles. The Morgan fingerprint density at radius 1 is 1.56 bits per heavy atom. The number of nitrogens with zero attached hydrogens (tertiary/aromatic N) is 2. The van der Waals surface area contributed by atoms with Gasteiger partial charge in [0.25, 0.3) is 0 Å². The normalized spacial score (nSPS) is 11.4. The summed E-state index contributed by atoms with van der Waals surface area (Å²) in [4.78, 5) is 10.2. The van der Waals surface area contributed by atoms with Crippen molar-refractivity contribution >= 4 is 11.8 Å². The molecule has 0 radical (unpaired) electrons. The van der Waals surface area contributed by atoms with Crippen LogP contribution in [0.1, 0.15) is 6.42 Å². The molecule has 0 aliphatic carbocycles. The minimum Gasteiger partial charge on any atom is -0.480 e. The molecule has 1 aromatic heterocycles. The van der Waals surface area contributed by atoms with E-state index in [1.807, 2.05) is 0 Å². The molecule has 0 aromatic carbocycles. The van der Waals surface area contributed by atoms with E-state index in [4.69, 9.17) is 5.11 Å². The van der Waals surface area contributed by atoms with Crippen LogP contribution in [-0.4, -0.2) is 33.6 Å². The van der Waals surface area contributed by atoms with Gasteiger partial charge in [0.05, 0.1) is 6.42 Å². The number of aryl methyl sites for hydroxylation is 1. The summed E-state index contributed by atoms with van der Waals surface area (Å²) in [6, 6.07) is 1.42. The lowest BCUT2D eigenvalue weighted by atomic mass is 10.4. The molecule has 0 aliphatic heterocycles. The van der Waals surface area contributed by atoms with E-state index in [2.05, 4.69) is 10.4 Å². The van der Waals surface area contributed by atoms with Gasteiger partial charge in [-0.05, 0) is 0 Å². The fourth-order valence-electron chi connectivity index (χ4n) is 0.988. The van der Waals surface area contributed by atoms with Gasteiger partial charge in [-0.15, -0.1) is 0 Å². The van der Waals surface area contributed by atoms with Crippen LogP contribution in [0.2, 0.25) is 0 Å². The lowest BCUT2D eigenvalue weighted by Gasteiger charge is -2.05. The third-order valence-electron chi connectivity index (χ3n) is 1.69. The summed E-state index contributed by atoms with van der Waals surface area (Å²) in [7, 11) is 0. The number of carbonyl (C=O) groups is 1. The smallest absolute Gasteiger partial charge is 0.390 e. The molecule has 0 unspecified atom stereocenters. The van der Waals surface area contributed by atoms with Crippen molar-refractivity contribution in [1.82, 2.24) is 9.78 Å². The van der Waals surface area contributed by atoms with Gasteiger partial charge < -0.3 is 10.4 Å². The Kier molecular flexibility index (Phi) is 3.75. The number of aromatic nitrogens is 2. The van der Waals surface area contributed by atoms with Gasteiger partial charge in [0.15, 0.2) is 0 Å². The molecule has 0 bridgehead atoms. The van der Waals surface area contributed by atoms with Gasteiger partial charge in [-0.1, -0.05) is 0 Å². The number of carboxylic acids is 1. The van der Waals surface area contributed by atoms with E-state index in [0.717, 1.165) is 4.68 Å². The van der Waals surface area contributed by atoms with E-state index in [9.17, 15) is 18.0 Å². The number of hydrogen-bond donors (Lipinski definition) is 2. The van der Waals surface area contributed by atoms with Crippen molar-refractivity contribution in [2.75, 3.05) is 11.9 Å². The highest BCUT2D eigenvalue weighted by Gasteiger charge is 2.26. The van der Waals surface area contributed by atoms with E-state index < -0.39 is 18.6 Å². The SMILES string of the molecule is O=C(O)CNc1ccn(CCC(F)(F)F)n1. The van der Waals surface area contributed by atoms with Crippen molar-refractivity contribution in [2.45, 2.75) is 19.1 Å². The summed E-state index contributed by atoms with van der Waals surface area (Å²) in [5.74, 6) is -0.825. The van der Waals surface area contributed by atoms with Gasteiger partial charge in [-0.2, -0.15) is 18.3 Å². The average molecular weight is 237 g/mol. The zero-order valence-electron chi connectivity index (χ0n) is 8.16. The largest absolute Gasteiger partial charge is 0.480 e. The van der Waals surface area contributed by atoms with Crippen LogP contribution in [0.3, 0.4) is 0 Å². The fraction of sp³-hybridized carbons (Fsp3) is 0.500. The molecule has 0 amide bonds. The molecule has 5 nitrogen and oxygen atoms in total. The Labute approximate surface area is 88.9 Å². The molecule has 1 heterocycles. The summed E-state index contributed by atoms with van der Waals surface area (Å²) in [6.07, 6.45) is -3.83. The summed E-state index contributed by atoms with van der Waals surface area (Å²) < 4.78 is 36.7. The Morgan fingerprint density at radius 3 is 2.81 bits per heavy atom. The second kappa shape index (κ2) is 4.86. The first-order valence-corrected chi connectivity index (χ1v) is 4.43. The van der Waals surface area contributed by atoms with Crippen molar-refractivity contribution in [3.63, 3.8) is 0 Å². The first-order valence-electron chi connectivity index (χ1n) is 4.43. The van der Waals surface area contributed by atoms with Crippen molar-refractivity contribution in [1.29, 1.82) is 0 Å². The standard InChI is InChI=1S/C8H10F3N3O2/c9-8(10,11)2-4-14-3-1-6(13-14)12-5-7(15)16/h1,3H,2,4-5H2,(H,12,13)(H,15,16). The predicted octanol–water partition coefficient (Wildman–Crippen LogP) is 1.33. The van der Waals surface area contributed by atoms with Crippen molar-refractivity contribution in [3.8, 4) is 0 Å². The summed E-state index contributed by atoms with van der Waals surface area (Å²) >= 11 is 0. The highest BCUT2D eigenvalue weighted by atomic mass is 19.4. The number of aliphatic carboxylic acids is 1. The average Bonchev–Trinajstić information content (AvgIpc) is 2.58. The Hall–Kier alpha value is -1.73. The Balaban J connectivity index is 2.42. The maximum absolute atomic E-state index is 11.9. The molecule has 16 heavy (non-hydrogen) atoms. The molecule has 0 spiro atoms. The van der Waals surface area contributed by atoms with E-state index in [1.165, 1.54) is 12.3 Å². The molecule has 0 aliphatic rings. The van der Waals surface area contributed by atoms with Crippen molar-refractivity contribution in [3.05, 3.63) is 12.3 Å². The van der Waals surface area contributed by atoms with Crippen molar-refractivity contribution < 1.29 is 23.1 Å². The zero-order chi connectivity index (χ0) is 12.2. The van der Waals surface area contributed by atoms with Gasteiger partial charge in [-0.25, -0.2) is 0 Å². The van der Waals surface area contributed by atoms with Crippen LogP contribution >= 0.6 is 0 Å². The fourth-order valence-corrected chi connectivity index (χ4v) is 0.988. The van der Waals surface area contributed by atoms with Gasteiger partial charge in [0, 0.05) is 18.8 Å². The lowest BCUT2D eigenvalue weighted by Crippen LogP contribution is -2.14. The van der Waals surface area contributed by atoms with Gasteiger partial charge in [0.1, 0.15) is 12.4 Å². The lowest BCUT2D eigenvalue weighted by molar-refractivity contribution is -0.137. The third-order valence-corrected chi connectivity index (χ3v) is 1.69. The number of rotatable bonds is 5. The van der Waals surface area contributed by atoms with Crippen molar-refractivity contribution in [2.24, 2.45) is 0 Å². The first kappa shape index (κ1) is 12.3. The predicted molar refractivity (Wildman–Crippen MR) is 49.0 cm³/mol. The Bertz CT molecular complexity index is 362. The maximum atomic E-state index is 11.9. The topological polar surface area (TPSA) is 67.2 Å². The quantitative estimate of drug-likeness (QED) is 0.810. The van der Waals surface area contributed by atoms with Crippen LogP contribution in [0.25, 0.3) is 0 Å². The summed E-state index contributed by atoms with van der Waals surface area (Å²) in [6.45, 7) is -0.603. The third kappa shape index (κ3) is 4.67. The zero-order valence-corrected chi connectivity index (χ0v) is 8.16. The van der Waals surface area contributed by atoms with Crippen LogP contribution in [0.4, 0.5) is 19.0 Å². The van der Waals surface area contributed by atoms with E-state index in [0.29, 0.717) is 0 Å². The molecule has 2 N–H and O–H groups in total. The van der Waals surface area contributed by atoms with Crippen LogP contribution in [-0.2, 0) is 11.3 Å². The van der Waals surface area contributed by atoms with E-state index in [1.54, 1.807) is 0 Å². The van der Waals surface area contributed by atoms with Gasteiger partial charge in [-0.3, -0.25) is 9.48 Å². The van der Waals surface area contributed by atoms with E-state index >= 15 is 0 Å². The number of nitrogens with one attached hydrogen (secondary N) is 1. The van der Waals surface area contributed by atoms with Gasteiger partial charge in [0.2, 0.25) is 0 Å². The number of hydrogen-bond acceptors (Lipinski definition) is 3. The second-order valence-electron chi connectivity index (χ2n) is 3.08. The van der Waals surface area contributed by atoms with Crippen LogP contribution in [0.15, 0.2) is 12.3 Å².